The third-order valence-electron chi connectivity index (χ3n) is 5.95. The van der Waals surface area contributed by atoms with Crippen LogP contribution < -0.4 is 15.1 Å². The first kappa shape index (κ1) is 22.6. The lowest BCUT2D eigenvalue weighted by atomic mass is 10.0. The van der Waals surface area contributed by atoms with Gasteiger partial charge in [0.15, 0.2) is 0 Å². The fourth-order valence-corrected chi connectivity index (χ4v) is 4.38. The number of para-hydroxylation sites is 1. The summed E-state index contributed by atoms with van der Waals surface area (Å²) in [4.78, 5) is 27.9. The zero-order valence-electron chi connectivity index (χ0n) is 18.5. The van der Waals surface area contributed by atoms with Crippen LogP contribution in [-0.4, -0.2) is 38.0 Å². The summed E-state index contributed by atoms with van der Waals surface area (Å²) in [6.45, 7) is 1.17. The third-order valence-corrected chi connectivity index (χ3v) is 6.28. The highest BCUT2D eigenvalue weighted by Gasteiger charge is 2.28. The van der Waals surface area contributed by atoms with Crippen molar-refractivity contribution in [3.05, 3.63) is 98.6 Å². The number of amides is 1. The number of hydrogen-bond acceptors (Lipinski definition) is 5. The molecule has 0 saturated carbocycles. The summed E-state index contributed by atoms with van der Waals surface area (Å²) in [5, 5.41) is 14.3. The number of nitrogens with zero attached hydrogens (tertiary/aromatic N) is 3. The monoisotopic (exact) mass is 464 g/mol. The predicted molar refractivity (Wildman–Crippen MR) is 131 cm³/mol. The molecule has 1 unspecified atom stereocenters. The number of carbonyl (C=O) groups is 1. The van der Waals surface area contributed by atoms with Crippen LogP contribution in [0.2, 0.25) is 5.02 Å². The molecule has 3 aromatic carbocycles. The summed E-state index contributed by atoms with van der Waals surface area (Å²) in [5.74, 6) is -0.439. The molecule has 1 heterocycles. The second-order valence-corrected chi connectivity index (χ2v) is 8.61. The smallest absolute Gasteiger partial charge is 0.270 e. The molecule has 0 bridgehead atoms. The molecule has 0 spiro atoms. The van der Waals surface area contributed by atoms with Gasteiger partial charge >= 0.3 is 0 Å². The fourth-order valence-electron chi connectivity index (χ4n) is 4.18. The first-order chi connectivity index (χ1) is 15.8. The van der Waals surface area contributed by atoms with Crippen molar-refractivity contribution in [3.63, 3.8) is 0 Å². The molecule has 1 N–H and O–H groups in total. The number of hydrogen-bond donors (Lipinski definition) is 1. The molecular weight excluding hydrogens is 440 g/mol. The van der Waals surface area contributed by atoms with Gasteiger partial charge in [-0.15, -0.1) is 0 Å². The average molecular weight is 465 g/mol. The molecule has 0 fully saturated rings. The SMILES string of the molecule is CN(C)c1ccc(C(CNC(=O)c2cc([N+](=O)[O-])ccc2Cl)N2CCc3ccccc32)cc1. The molecule has 170 valence electrons. The number of halogens is 1. The maximum Gasteiger partial charge on any atom is 0.270 e. The van der Waals surface area contributed by atoms with Crippen LogP contribution in [0.15, 0.2) is 66.7 Å². The Hall–Kier alpha value is -3.58. The summed E-state index contributed by atoms with van der Waals surface area (Å²) in [5.41, 5.74) is 4.51. The van der Waals surface area contributed by atoms with Gasteiger partial charge in [0, 0.05) is 50.7 Å². The third kappa shape index (κ3) is 4.78. The van der Waals surface area contributed by atoms with Crippen molar-refractivity contribution in [1.29, 1.82) is 0 Å². The molecule has 0 aliphatic carbocycles. The minimum absolute atomic E-state index is 0.0920. The topological polar surface area (TPSA) is 78.7 Å². The van der Waals surface area contributed by atoms with Crippen molar-refractivity contribution >= 4 is 34.6 Å². The van der Waals surface area contributed by atoms with Gasteiger partial charge in [-0.25, -0.2) is 0 Å². The van der Waals surface area contributed by atoms with E-state index in [2.05, 4.69) is 46.6 Å². The molecule has 0 saturated heterocycles. The van der Waals surface area contributed by atoms with Gasteiger partial charge in [0.05, 0.1) is 21.6 Å². The van der Waals surface area contributed by atoms with Crippen LogP contribution in [0.4, 0.5) is 17.1 Å². The summed E-state index contributed by atoms with van der Waals surface area (Å²) in [6, 6.07) is 20.3. The average Bonchev–Trinajstić information content (AvgIpc) is 3.23. The van der Waals surface area contributed by atoms with Crippen molar-refractivity contribution < 1.29 is 9.72 Å². The van der Waals surface area contributed by atoms with Crippen LogP contribution in [0.3, 0.4) is 0 Å². The molecule has 0 radical (unpaired) electrons. The Morgan fingerprint density at radius 1 is 1.15 bits per heavy atom. The fraction of sp³-hybridized carbons (Fsp3) is 0.240. The first-order valence-corrected chi connectivity index (χ1v) is 11.1. The van der Waals surface area contributed by atoms with Gasteiger partial charge in [-0.3, -0.25) is 14.9 Å². The van der Waals surface area contributed by atoms with E-state index in [0.717, 1.165) is 29.9 Å². The van der Waals surface area contributed by atoms with Crippen molar-refractivity contribution in [2.75, 3.05) is 37.0 Å². The number of rotatable bonds is 7. The van der Waals surface area contributed by atoms with Gasteiger partial charge < -0.3 is 15.1 Å². The molecule has 1 amide bonds. The minimum Gasteiger partial charge on any atom is -0.378 e. The Labute approximate surface area is 197 Å². The van der Waals surface area contributed by atoms with Crippen LogP contribution in [0.25, 0.3) is 0 Å². The van der Waals surface area contributed by atoms with Gasteiger partial charge in [0.2, 0.25) is 0 Å². The lowest BCUT2D eigenvalue weighted by molar-refractivity contribution is -0.384. The standard InChI is InChI=1S/C25H25ClN4O3/c1-28(2)19-9-7-18(8-10-19)24(29-14-13-17-5-3-4-6-23(17)29)16-27-25(31)21-15-20(30(32)33)11-12-22(21)26/h3-12,15,24H,13-14,16H2,1-2H3,(H,27,31). The second kappa shape index (κ2) is 9.50. The van der Waals surface area contributed by atoms with Crippen LogP contribution in [-0.2, 0) is 6.42 Å². The zero-order chi connectivity index (χ0) is 23.5. The van der Waals surface area contributed by atoms with Crippen molar-refractivity contribution in [2.24, 2.45) is 0 Å². The molecule has 3 aromatic rings. The van der Waals surface area contributed by atoms with Gasteiger partial charge in [-0.2, -0.15) is 0 Å². The van der Waals surface area contributed by atoms with E-state index in [4.69, 9.17) is 11.6 Å². The number of carbonyl (C=O) groups excluding carboxylic acids is 1. The van der Waals surface area contributed by atoms with E-state index in [1.54, 1.807) is 0 Å². The Bertz CT molecular complexity index is 1180. The van der Waals surface area contributed by atoms with Crippen molar-refractivity contribution in [2.45, 2.75) is 12.5 Å². The highest BCUT2D eigenvalue weighted by molar-refractivity contribution is 6.33. The lowest BCUT2D eigenvalue weighted by Crippen LogP contribution is -2.37. The van der Waals surface area contributed by atoms with Crippen molar-refractivity contribution in [3.8, 4) is 0 Å². The zero-order valence-corrected chi connectivity index (χ0v) is 19.2. The molecular formula is C25H25ClN4O3. The number of non-ortho nitro benzene ring substituents is 1. The Kier molecular flexibility index (Phi) is 6.51. The molecule has 1 aliphatic heterocycles. The van der Waals surface area contributed by atoms with E-state index >= 15 is 0 Å². The molecule has 7 nitrogen and oxygen atoms in total. The van der Waals surface area contributed by atoms with Gasteiger partial charge in [-0.05, 0) is 41.8 Å². The summed E-state index contributed by atoms with van der Waals surface area (Å²) in [7, 11) is 3.98. The normalized spacial score (nSPS) is 13.4. The molecule has 8 heteroatoms. The second-order valence-electron chi connectivity index (χ2n) is 8.21. The molecule has 0 aromatic heterocycles. The van der Waals surface area contributed by atoms with E-state index in [9.17, 15) is 14.9 Å². The number of nitro benzene ring substituents is 1. The highest BCUT2D eigenvalue weighted by Crippen LogP contribution is 2.35. The molecule has 1 aliphatic rings. The van der Waals surface area contributed by atoms with E-state index in [0.29, 0.717) is 6.54 Å². The lowest BCUT2D eigenvalue weighted by Gasteiger charge is -2.31. The summed E-state index contributed by atoms with van der Waals surface area (Å²) < 4.78 is 0. The highest BCUT2D eigenvalue weighted by atomic mass is 35.5. The van der Waals surface area contributed by atoms with Crippen molar-refractivity contribution in [1.82, 2.24) is 5.32 Å². The van der Waals surface area contributed by atoms with Gasteiger partial charge in [-0.1, -0.05) is 41.9 Å². The van der Waals surface area contributed by atoms with E-state index < -0.39 is 10.8 Å². The number of nitrogens with one attached hydrogen (secondary N) is 1. The Balaban J connectivity index is 1.61. The van der Waals surface area contributed by atoms with Crippen LogP contribution >= 0.6 is 11.6 Å². The quantitative estimate of drug-likeness (QED) is 0.399. The first-order valence-electron chi connectivity index (χ1n) is 10.7. The largest absolute Gasteiger partial charge is 0.378 e. The van der Waals surface area contributed by atoms with E-state index in [1.165, 1.54) is 23.8 Å². The number of fused-ring (bicyclic) bond motifs is 1. The molecule has 33 heavy (non-hydrogen) atoms. The molecule has 1 atom stereocenters. The number of nitro groups is 1. The predicted octanol–water partition coefficient (Wildman–Crippen LogP) is 4.85. The van der Waals surface area contributed by atoms with E-state index in [1.807, 2.05) is 31.1 Å². The Morgan fingerprint density at radius 2 is 1.88 bits per heavy atom. The van der Waals surface area contributed by atoms with Gasteiger partial charge in [0.25, 0.3) is 11.6 Å². The number of benzene rings is 3. The summed E-state index contributed by atoms with van der Waals surface area (Å²) in [6.07, 6.45) is 0.938. The number of anilines is 2. The minimum atomic E-state index is -0.538. The maximum absolute atomic E-state index is 12.9. The molecule has 4 rings (SSSR count). The van der Waals surface area contributed by atoms with E-state index in [-0.39, 0.29) is 22.3 Å². The maximum atomic E-state index is 12.9. The van der Waals surface area contributed by atoms with Crippen LogP contribution in [0.5, 0.6) is 0 Å². The van der Waals surface area contributed by atoms with Crippen LogP contribution in [0.1, 0.15) is 27.5 Å². The van der Waals surface area contributed by atoms with Crippen LogP contribution in [0, 0.1) is 10.1 Å². The van der Waals surface area contributed by atoms with Gasteiger partial charge in [0.1, 0.15) is 0 Å². The Morgan fingerprint density at radius 3 is 2.58 bits per heavy atom. The summed E-state index contributed by atoms with van der Waals surface area (Å²) >= 11 is 6.17.